The molecule has 0 bridgehead atoms. The number of aromatic nitrogens is 1. The van der Waals surface area contributed by atoms with Crippen LogP contribution in [-0.4, -0.2) is 49.1 Å². The van der Waals surface area contributed by atoms with Gasteiger partial charge in [-0.1, -0.05) is 11.3 Å². The number of fused-ring (bicyclic) bond motifs is 1. The van der Waals surface area contributed by atoms with Crippen LogP contribution in [0.5, 0.6) is 5.75 Å². The highest BCUT2D eigenvalue weighted by Crippen LogP contribution is 2.31. The molecule has 3 rings (SSSR count). The van der Waals surface area contributed by atoms with Gasteiger partial charge in [-0.25, -0.2) is 4.98 Å². The molecule has 106 valence electrons. The third kappa shape index (κ3) is 2.43. The van der Waals surface area contributed by atoms with Crippen molar-refractivity contribution in [3.63, 3.8) is 0 Å². The van der Waals surface area contributed by atoms with Crippen LogP contribution < -0.4 is 9.64 Å². The lowest BCUT2D eigenvalue weighted by Gasteiger charge is -2.33. The van der Waals surface area contributed by atoms with Gasteiger partial charge in [0.05, 0.1) is 17.3 Å². The summed E-state index contributed by atoms with van der Waals surface area (Å²) in [6.45, 7) is 4.86. The second-order valence-corrected chi connectivity index (χ2v) is 5.83. The molecular formula is C14H17N3O2S. The Morgan fingerprint density at radius 3 is 2.70 bits per heavy atom. The molecule has 6 heteroatoms. The van der Waals surface area contributed by atoms with Crippen molar-refractivity contribution in [1.82, 2.24) is 9.88 Å². The molecule has 0 aliphatic carbocycles. The van der Waals surface area contributed by atoms with Gasteiger partial charge in [-0.15, -0.1) is 0 Å². The Labute approximate surface area is 121 Å². The first kappa shape index (κ1) is 13.2. The zero-order valence-corrected chi connectivity index (χ0v) is 12.4. The molecule has 0 radical (unpaired) electrons. The molecule has 5 nitrogen and oxygen atoms in total. The summed E-state index contributed by atoms with van der Waals surface area (Å²) in [7, 11) is 1.67. The van der Waals surface area contributed by atoms with Gasteiger partial charge in [-0.2, -0.15) is 0 Å². The molecule has 1 aromatic heterocycles. The van der Waals surface area contributed by atoms with Gasteiger partial charge in [-0.3, -0.25) is 4.79 Å². The molecular weight excluding hydrogens is 274 g/mol. The van der Waals surface area contributed by atoms with Gasteiger partial charge in [0.25, 0.3) is 0 Å². The second kappa shape index (κ2) is 5.28. The highest BCUT2D eigenvalue weighted by atomic mass is 32.1. The minimum absolute atomic E-state index is 0.152. The predicted octanol–water partition coefficient (Wildman–Crippen LogP) is 1.97. The van der Waals surface area contributed by atoms with Gasteiger partial charge in [0, 0.05) is 33.1 Å². The van der Waals surface area contributed by atoms with E-state index in [4.69, 9.17) is 4.74 Å². The lowest BCUT2D eigenvalue weighted by Crippen LogP contribution is -2.48. The average molecular weight is 291 g/mol. The van der Waals surface area contributed by atoms with Crippen molar-refractivity contribution in [3.8, 4) is 5.75 Å². The van der Waals surface area contributed by atoms with Crippen LogP contribution in [0.3, 0.4) is 0 Å². The quantitative estimate of drug-likeness (QED) is 0.848. The van der Waals surface area contributed by atoms with Crippen molar-refractivity contribution >= 4 is 32.6 Å². The Balaban J connectivity index is 1.79. The third-order valence-corrected chi connectivity index (χ3v) is 4.66. The van der Waals surface area contributed by atoms with E-state index in [-0.39, 0.29) is 5.91 Å². The first-order valence-electron chi connectivity index (χ1n) is 6.62. The Hall–Kier alpha value is -1.82. The topological polar surface area (TPSA) is 45.7 Å². The van der Waals surface area contributed by atoms with Crippen molar-refractivity contribution in [2.75, 3.05) is 38.2 Å². The van der Waals surface area contributed by atoms with E-state index in [1.54, 1.807) is 25.4 Å². The molecule has 1 aromatic carbocycles. The zero-order valence-electron chi connectivity index (χ0n) is 11.6. The number of hydrogen-bond acceptors (Lipinski definition) is 5. The molecule has 0 saturated carbocycles. The minimum Gasteiger partial charge on any atom is -0.497 e. The van der Waals surface area contributed by atoms with Gasteiger partial charge >= 0.3 is 0 Å². The fourth-order valence-electron chi connectivity index (χ4n) is 2.37. The highest BCUT2D eigenvalue weighted by Gasteiger charge is 2.21. The Morgan fingerprint density at radius 2 is 2.05 bits per heavy atom. The standard InChI is InChI=1S/C14H17N3O2S/c1-10(18)16-5-7-17(8-6-16)14-15-12-4-3-11(19-2)9-13(12)20-14/h3-4,9H,5-8H2,1-2H3. The number of ether oxygens (including phenoxy) is 1. The molecule has 1 aliphatic rings. The van der Waals surface area contributed by atoms with Gasteiger partial charge in [0.15, 0.2) is 5.13 Å². The molecule has 1 saturated heterocycles. The maximum atomic E-state index is 11.3. The summed E-state index contributed by atoms with van der Waals surface area (Å²) in [6.07, 6.45) is 0. The highest BCUT2D eigenvalue weighted by molar-refractivity contribution is 7.22. The van der Waals surface area contributed by atoms with E-state index < -0.39 is 0 Å². The fourth-order valence-corrected chi connectivity index (χ4v) is 3.41. The maximum Gasteiger partial charge on any atom is 0.219 e. The van der Waals surface area contributed by atoms with E-state index in [2.05, 4.69) is 9.88 Å². The Kier molecular flexibility index (Phi) is 3.48. The number of methoxy groups -OCH3 is 1. The van der Waals surface area contributed by atoms with Gasteiger partial charge in [0.2, 0.25) is 5.91 Å². The number of carbonyl (C=O) groups excluding carboxylic acids is 1. The van der Waals surface area contributed by atoms with Crippen LogP contribution in [0.15, 0.2) is 18.2 Å². The third-order valence-electron chi connectivity index (χ3n) is 3.58. The van der Waals surface area contributed by atoms with Crippen LogP contribution in [0.1, 0.15) is 6.92 Å². The number of benzene rings is 1. The van der Waals surface area contributed by atoms with Gasteiger partial charge in [-0.05, 0) is 18.2 Å². The number of thiazole rings is 1. The van der Waals surface area contributed by atoms with E-state index in [0.717, 1.165) is 47.3 Å². The summed E-state index contributed by atoms with van der Waals surface area (Å²) in [5, 5.41) is 1.02. The molecule has 1 aliphatic heterocycles. The normalized spacial score (nSPS) is 15.7. The summed E-state index contributed by atoms with van der Waals surface area (Å²) in [6, 6.07) is 5.93. The van der Waals surface area contributed by atoms with Crippen LogP contribution in [-0.2, 0) is 4.79 Å². The van der Waals surface area contributed by atoms with E-state index in [1.807, 2.05) is 23.1 Å². The summed E-state index contributed by atoms with van der Waals surface area (Å²) in [5.41, 5.74) is 1.000. The largest absolute Gasteiger partial charge is 0.497 e. The minimum atomic E-state index is 0.152. The van der Waals surface area contributed by atoms with Crippen molar-refractivity contribution in [2.45, 2.75) is 6.92 Å². The number of carbonyl (C=O) groups is 1. The Bertz CT molecular complexity index is 632. The number of rotatable bonds is 2. The first-order valence-corrected chi connectivity index (χ1v) is 7.44. The number of nitrogens with zero attached hydrogens (tertiary/aromatic N) is 3. The van der Waals surface area contributed by atoms with E-state index >= 15 is 0 Å². The molecule has 1 fully saturated rings. The number of amides is 1. The van der Waals surface area contributed by atoms with E-state index in [9.17, 15) is 4.79 Å². The number of anilines is 1. The lowest BCUT2D eigenvalue weighted by atomic mass is 10.3. The molecule has 0 spiro atoms. The van der Waals surface area contributed by atoms with Crippen molar-refractivity contribution in [1.29, 1.82) is 0 Å². The number of piperazine rings is 1. The second-order valence-electron chi connectivity index (χ2n) is 4.82. The van der Waals surface area contributed by atoms with Crippen molar-refractivity contribution in [3.05, 3.63) is 18.2 Å². The Morgan fingerprint density at radius 1 is 1.30 bits per heavy atom. The maximum absolute atomic E-state index is 11.3. The van der Waals surface area contributed by atoms with E-state index in [0.29, 0.717) is 0 Å². The lowest BCUT2D eigenvalue weighted by molar-refractivity contribution is -0.129. The summed E-state index contributed by atoms with van der Waals surface area (Å²) >= 11 is 1.67. The van der Waals surface area contributed by atoms with Crippen LogP contribution in [0, 0.1) is 0 Å². The van der Waals surface area contributed by atoms with Gasteiger partial charge < -0.3 is 14.5 Å². The monoisotopic (exact) mass is 291 g/mol. The molecule has 0 atom stereocenters. The number of hydrogen-bond donors (Lipinski definition) is 0. The van der Waals surface area contributed by atoms with Crippen LogP contribution in [0.4, 0.5) is 5.13 Å². The molecule has 0 N–H and O–H groups in total. The van der Waals surface area contributed by atoms with Crippen LogP contribution >= 0.6 is 11.3 Å². The summed E-state index contributed by atoms with van der Waals surface area (Å²) < 4.78 is 6.37. The summed E-state index contributed by atoms with van der Waals surface area (Å²) in [5.74, 6) is 1.01. The summed E-state index contributed by atoms with van der Waals surface area (Å²) in [4.78, 5) is 20.1. The smallest absolute Gasteiger partial charge is 0.219 e. The van der Waals surface area contributed by atoms with Crippen molar-refractivity contribution < 1.29 is 9.53 Å². The van der Waals surface area contributed by atoms with Gasteiger partial charge in [0.1, 0.15) is 5.75 Å². The fraction of sp³-hybridized carbons (Fsp3) is 0.429. The molecule has 20 heavy (non-hydrogen) atoms. The zero-order chi connectivity index (χ0) is 14.1. The molecule has 2 aromatic rings. The van der Waals surface area contributed by atoms with E-state index in [1.165, 1.54) is 0 Å². The molecule has 0 unspecified atom stereocenters. The average Bonchev–Trinajstić information content (AvgIpc) is 2.90. The van der Waals surface area contributed by atoms with Crippen LogP contribution in [0.2, 0.25) is 0 Å². The molecule has 2 heterocycles. The van der Waals surface area contributed by atoms with Crippen LogP contribution in [0.25, 0.3) is 10.2 Å². The van der Waals surface area contributed by atoms with Crippen molar-refractivity contribution in [2.24, 2.45) is 0 Å². The predicted molar refractivity (Wildman–Crippen MR) is 80.6 cm³/mol. The molecule has 1 amide bonds. The SMILES string of the molecule is COc1ccc2nc(N3CCN(C(C)=O)CC3)sc2c1. The first-order chi connectivity index (χ1) is 9.67.